The first-order chi connectivity index (χ1) is 17.4. The highest BCUT2D eigenvalue weighted by Gasteiger charge is 2.29. The number of carbonyl (C=O) groups excluding carboxylic acids is 1. The summed E-state index contributed by atoms with van der Waals surface area (Å²) in [4.78, 5) is 13.9. The third-order valence-electron chi connectivity index (χ3n) is 6.76. The number of halogens is 3. The molecule has 1 saturated heterocycles. The number of rotatable bonds is 10. The fourth-order valence-corrected chi connectivity index (χ4v) is 4.98. The molecule has 0 aromatic heterocycles. The van der Waals surface area contributed by atoms with E-state index in [0.717, 1.165) is 50.5 Å². The fourth-order valence-electron chi connectivity index (χ4n) is 4.98. The largest absolute Gasteiger partial charge is 0.490 e. The maximum atomic E-state index is 14.0. The van der Waals surface area contributed by atoms with Gasteiger partial charge < -0.3 is 19.5 Å². The molecule has 0 amide bonds. The molecule has 5 nitrogen and oxygen atoms in total. The van der Waals surface area contributed by atoms with E-state index in [4.69, 9.17) is 14.6 Å². The van der Waals surface area contributed by atoms with Gasteiger partial charge in [0, 0.05) is 25.0 Å². The summed E-state index contributed by atoms with van der Waals surface area (Å²) in [5.41, 5.74) is 1.59. The van der Waals surface area contributed by atoms with Crippen molar-refractivity contribution in [3.05, 3.63) is 94.7 Å². The SMILES string of the molecule is O=C1C=C(OCO)C(OCCCN2CCC(C(c3ccc(F)cc3)c3ccc(F)c(F)c3)CC2)=CC1. The molecule has 1 fully saturated rings. The Balaban J connectivity index is 1.32. The first-order valence-corrected chi connectivity index (χ1v) is 12.2. The van der Waals surface area contributed by atoms with E-state index in [0.29, 0.717) is 17.9 Å². The Hall–Kier alpha value is -3.10. The van der Waals surface area contributed by atoms with Gasteiger partial charge in [0.15, 0.2) is 35.7 Å². The molecule has 36 heavy (non-hydrogen) atoms. The number of aliphatic hydroxyl groups is 1. The summed E-state index contributed by atoms with van der Waals surface area (Å²) in [6.45, 7) is 2.44. The van der Waals surface area contributed by atoms with E-state index in [1.165, 1.54) is 24.3 Å². The zero-order chi connectivity index (χ0) is 25.5. The summed E-state index contributed by atoms with van der Waals surface area (Å²) in [6, 6.07) is 10.3. The monoisotopic (exact) mass is 501 g/mol. The van der Waals surface area contributed by atoms with Crippen LogP contribution in [0.1, 0.15) is 42.7 Å². The molecule has 2 aromatic carbocycles. The standard InChI is InChI=1S/C28H30F3NO4/c29-22-5-2-19(3-6-22)28(21-4-8-24(30)25(31)16-21)20-10-13-32(14-11-20)12-1-15-35-26-9-7-23(34)17-27(26)36-18-33/h2-6,8-9,16-17,20,28,33H,1,7,10-15,18H2. The van der Waals surface area contributed by atoms with Crippen LogP contribution < -0.4 is 0 Å². The van der Waals surface area contributed by atoms with E-state index < -0.39 is 18.4 Å². The number of hydrogen-bond donors (Lipinski definition) is 1. The quantitative estimate of drug-likeness (QED) is 0.364. The van der Waals surface area contributed by atoms with Crippen LogP contribution in [0.25, 0.3) is 0 Å². The molecule has 2 aliphatic rings. The molecule has 192 valence electrons. The fraction of sp³-hybridized carbons (Fsp3) is 0.393. The normalized spacial score (nSPS) is 17.9. The number of aliphatic hydroxyl groups excluding tert-OH is 1. The second-order valence-corrected chi connectivity index (χ2v) is 9.10. The van der Waals surface area contributed by atoms with Crippen LogP contribution in [0.5, 0.6) is 0 Å². The molecule has 0 bridgehead atoms. The van der Waals surface area contributed by atoms with Crippen molar-refractivity contribution < 1.29 is 32.5 Å². The Morgan fingerprint density at radius 2 is 1.67 bits per heavy atom. The van der Waals surface area contributed by atoms with Gasteiger partial charge in [-0.3, -0.25) is 4.79 Å². The number of nitrogens with zero attached hydrogens (tertiary/aromatic N) is 1. The van der Waals surface area contributed by atoms with Gasteiger partial charge in [-0.05, 0) is 79.7 Å². The predicted octanol–water partition coefficient (Wildman–Crippen LogP) is 5.06. The van der Waals surface area contributed by atoms with Crippen molar-refractivity contribution in [2.45, 2.75) is 31.6 Å². The van der Waals surface area contributed by atoms with Gasteiger partial charge in [-0.25, -0.2) is 13.2 Å². The van der Waals surface area contributed by atoms with Gasteiger partial charge in [-0.15, -0.1) is 0 Å². The lowest BCUT2D eigenvalue weighted by Gasteiger charge is -2.36. The number of piperidine rings is 1. The van der Waals surface area contributed by atoms with Crippen LogP contribution in [0.3, 0.4) is 0 Å². The van der Waals surface area contributed by atoms with E-state index in [2.05, 4.69) is 4.90 Å². The molecule has 1 unspecified atom stereocenters. The highest BCUT2D eigenvalue weighted by molar-refractivity contribution is 5.93. The third-order valence-corrected chi connectivity index (χ3v) is 6.76. The van der Waals surface area contributed by atoms with E-state index in [-0.39, 0.29) is 35.6 Å². The molecular weight excluding hydrogens is 471 g/mol. The number of ketones is 1. The number of hydrogen-bond acceptors (Lipinski definition) is 5. The zero-order valence-electron chi connectivity index (χ0n) is 20.0. The topological polar surface area (TPSA) is 59.0 Å². The first kappa shape index (κ1) is 26.0. The lowest BCUT2D eigenvalue weighted by atomic mass is 9.76. The number of allylic oxidation sites excluding steroid dienone is 2. The van der Waals surface area contributed by atoms with Crippen molar-refractivity contribution in [3.63, 3.8) is 0 Å². The number of carbonyl (C=O) groups is 1. The van der Waals surface area contributed by atoms with E-state index in [1.54, 1.807) is 24.3 Å². The van der Waals surface area contributed by atoms with Gasteiger partial charge >= 0.3 is 0 Å². The van der Waals surface area contributed by atoms with Crippen LogP contribution in [-0.4, -0.2) is 48.8 Å². The minimum Gasteiger partial charge on any atom is -0.490 e. The Morgan fingerprint density at radius 3 is 2.36 bits per heavy atom. The number of benzene rings is 2. The third kappa shape index (κ3) is 6.56. The summed E-state index contributed by atoms with van der Waals surface area (Å²) in [7, 11) is 0. The van der Waals surface area contributed by atoms with Crippen LogP contribution in [0.15, 0.2) is 66.1 Å². The van der Waals surface area contributed by atoms with Crippen LogP contribution >= 0.6 is 0 Å². The molecule has 2 aromatic rings. The first-order valence-electron chi connectivity index (χ1n) is 12.2. The maximum absolute atomic E-state index is 14.0. The van der Waals surface area contributed by atoms with Crippen LogP contribution in [0, 0.1) is 23.4 Å². The minimum absolute atomic E-state index is 0.101. The van der Waals surface area contributed by atoms with Crippen molar-refractivity contribution in [2.75, 3.05) is 33.0 Å². The summed E-state index contributed by atoms with van der Waals surface area (Å²) in [5.74, 6) is -1.41. The van der Waals surface area contributed by atoms with Crippen LogP contribution in [-0.2, 0) is 14.3 Å². The lowest BCUT2D eigenvalue weighted by Crippen LogP contribution is -2.36. The van der Waals surface area contributed by atoms with E-state index in [1.807, 2.05) is 0 Å². The maximum Gasteiger partial charge on any atom is 0.186 e. The van der Waals surface area contributed by atoms with Crippen molar-refractivity contribution in [1.82, 2.24) is 4.90 Å². The zero-order valence-corrected chi connectivity index (χ0v) is 20.0. The van der Waals surface area contributed by atoms with Gasteiger partial charge in [0.25, 0.3) is 0 Å². The Bertz CT molecular complexity index is 1110. The van der Waals surface area contributed by atoms with E-state index in [9.17, 15) is 18.0 Å². The molecule has 1 N–H and O–H groups in total. The molecule has 1 heterocycles. The summed E-state index contributed by atoms with van der Waals surface area (Å²) >= 11 is 0. The van der Waals surface area contributed by atoms with Crippen molar-refractivity contribution in [3.8, 4) is 0 Å². The number of likely N-dealkylation sites (tertiary alicyclic amines) is 1. The van der Waals surface area contributed by atoms with Gasteiger partial charge in [0.05, 0.1) is 6.61 Å². The van der Waals surface area contributed by atoms with Crippen LogP contribution in [0.2, 0.25) is 0 Å². The van der Waals surface area contributed by atoms with Gasteiger partial charge in [0.1, 0.15) is 5.82 Å². The predicted molar refractivity (Wildman–Crippen MR) is 128 cm³/mol. The summed E-state index contributed by atoms with van der Waals surface area (Å²) in [5, 5.41) is 8.99. The summed E-state index contributed by atoms with van der Waals surface area (Å²) < 4.78 is 52.0. The molecule has 1 aliphatic heterocycles. The highest BCUT2D eigenvalue weighted by Crippen LogP contribution is 2.38. The molecular formula is C28H30F3NO4. The second-order valence-electron chi connectivity index (χ2n) is 9.10. The van der Waals surface area contributed by atoms with Crippen molar-refractivity contribution in [1.29, 1.82) is 0 Å². The number of ether oxygens (including phenoxy) is 2. The average Bonchev–Trinajstić information content (AvgIpc) is 2.87. The molecule has 0 spiro atoms. The molecule has 8 heteroatoms. The van der Waals surface area contributed by atoms with Gasteiger partial charge in [-0.1, -0.05) is 18.2 Å². The second kappa shape index (κ2) is 12.2. The molecule has 1 atom stereocenters. The molecule has 1 aliphatic carbocycles. The smallest absolute Gasteiger partial charge is 0.186 e. The molecule has 0 radical (unpaired) electrons. The minimum atomic E-state index is -0.880. The van der Waals surface area contributed by atoms with Crippen LogP contribution in [0.4, 0.5) is 13.2 Å². The lowest BCUT2D eigenvalue weighted by molar-refractivity contribution is -0.114. The molecule has 0 saturated carbocycles. The molecule has 4 rings (SSSR count). The van der Waals surface area contributed by atoms with E-state index >= 15 is 0 Å². The Kier molecular flexibility index (Phi) is 8.83. The van der Waals surface area contributed by atoms with Crippen molar-refractivity contribution in [2.24, 2.45) is 5.92 Å². The summed E-state index contributed by atoms with van der Waals surface area (Å²) in [6.07, 6.45) is 5.74. The Morgan fingerprint density at radius 1 is 0.944 bits per heavy atom. The van der Waals surface area contributed by atoms with Crippen molar-refractivity contribution >= 4 is 5.78 Å². The van der Waals surface area contributed by atoms with Gasteiger partial charge in [-0.2, -0.15) is 0 Å². The Labute approximate surface area is 208 Å². The van der Waals surface area contributed by atoms with Gasteiger partial charge in [0.2, 0.25) is 0 Å². The highest BCUT2D eigenvalue weighted by atomic mass is 19.2. The average molecular weight is 502 g/mol.